The van der Waals surface area contributed by atoms with Crippen molar-refractivity contribution < 1.29 is 4.79 Å². The van der Waals surface area contributed by atoms with E-state index in [0.29, 0.717) is 11.7 Å². The summed E-state index contributed by atoms with van der Waals surface area (Å²) < 4.78 is 0. The molecule has 0 aromatic heterocycles. The first-order valence-electron chi connectivity index (χ1n) is 4.94. The van der Waals surface area contributed by atoms with E-state index in [9.17, 15) is 4.79 Å². The van der Waals surface area contributed by atoms with Crippen molar-refractivity contribution >= 4 is 5.78 Å². The lowest BCUT2D eigenvalue weighted by molar-refractivity contribution is -0.126. The van der Waals surface area contributed by atoms with Crippen LogP contribution >= 0.6 is 0 Å². The molecule has 13 heavy (non-hydrogen) atoms. The van der Waals surface area contributed by atoms with Crippen molar-refractivity contribution in [2.45, 2.75) is 33.6 Å². The number of carbonyl (C=O) groups excluding carboxylic acids is 1. The summed E-state index contributed by atoms with van der Waals surface area (Å²) in [7, 11) is 0. The Morgan fingerprint density at radius 1 is 1.38 bits per heavy atom. The molecule has 2 atom stereocenters. The minimum Gasteiger partial charge on any atom is -0.294 e. The highest BCUT2D eigenvalue weighted by Gasteiger charge is 2.46. The van der Waals surface area contributed by atoms with Gasteiger partial charge in [-0.1, -0.05) is 24.6 Å². The molecule has 2 aliphatic rings. The third-order valence-corrected chi connectivity index (χ3v) is 3.70. The van der Waals surface area contributed by atoms with Crippen LogP contribution in [0.4, 0.5) is 0 Å². The van der Waals surface area contributed by atoms with E-state index in [4.69, 9.17) is 0 Å². The Hall–Kier alpha value is -0.850. The third kappa shape index (κ3) is 1.03. The molecule has 0 bridgehead atoms. The number of carbonyl (C=O) groups is 1. The molecular formula is C12H16O. The molecule has 0 heterocycles. The quantitative estimate of drug-likeness (QED) is 0.519. The predicted molar refractivity (Wildman–Crippen MR) is 53.4 cm³/mol. The summed E-state index contributed by atoms with van der Waals surface area (Å²) in [6.07, 6.45) is 6.32. The standard InChI is InChI=1S/C12H16O/c1-8-6-7-12(3)10(8)5-4-9(2)11(12)13/h4,6,10H,5,7H2,1-3H3/t10-,12-/m0/s1. The largest absolute Gasteiger partial charge is 0.294 e. The Kier molecular flexibility index (Phi) is 1.73. The summed E-state index contributed by atoms with van der Waals surface area (Å²) in [5.74, 6) is 0.834. The Morgan fingerprint density at radius 2 is 2.08 bits per heavy atom. The first-order chi connectivity index (χ1) is 6.05. The van der Waals surface area contributed by atoms with Gasteiger partial charge in [-0.05, 0) is 38.2 Å². The Balaban J connectivity index is 2.42. The van der Waals surface area contributed by atoms with E-state index >= 15 is 0 Å². The van der Waals surface area contributed by atoms with Crippen LogP contribution in [0, 0.1) is 11.3 Å². The molecule has 0 saturated carbocycles. The zero-order valence-electron chi connectivity index (χ0n) is 8.55. The molecule has 0 unspecified atom stereocenters. The van der Waals surface area contributed by atoms with Gasteiger partial charge in [0, 0.05) is 5.41 Å². The maximum atomic E-state index is 12.0. The van der Waals surface area contributed by atoms with E-state index in [1.807, 2.05) is 6.92 Å². The number of fused-ring (bicyclic) bond motifs is 1. The first-order valence-corrected chi connectivity index (χ1v) is 4.94. The van der Waals surface area contributed by atoms with Gasteiger partial charge in [0.05, 0.1) is 0 Å². The molecule has 0 aromatic carbocycles. The van der Waals surface area contributed by atoms with Gasteiger partial charge in [0.25, 0.3) is 0 Å². The predicted octanol–water partition coefficient (Wildman–Crippen LogP) is 2.88. The van der Waals surface area contributed by atoms with Crippen LogP contribution in [0.2, 0.25) is 0 Å². The van der Waals surface area contributed by atoms with Crippen LogP contribution in [0.3, 0.4) is 0 Å². The zero-order chi connectivity index (χ0) is 9.64. The third-order valence-electron chi connectivity index (χ3n) is 3.70. The number of hydrogen-bond donors (Lipinski definition) is 0. The number of Topliss-reactive ketones (excluding diaryl/α,β-unsaturated/α-hetero) is 1. The van der Waals surface area contributed by atoms with Crippen molar-refractivity contribution in [2.75, 3.05) is 0 Å². The SMILES string of the molecule is CC1=CC[C@H]2C(C)=CC[C@]2(C)C1=O. The van der Waals surface area contributed by atoms with Crippen LogP contribution < -0.4 is 0 Å². The second-order valence-electron chi connectivity index (χ2n) is 4.57. The highest BCUT2D eigenvalue weighted by molar-refractivity contribution is 6.01. The summed E-state index contributed by atoms with van der Waals surface area (Å²) in [5.41, 5.74) is 2.25. The number of allylic oxidation sites excluding steroid dienone is 4. The van der Waals surface area contributed by atoms with Crippen LogP contribution in [0.25, 0.3) is 0 Å². The molecule has 70 valence electrons. The van der Waals surface area contributed by atoms with Crippen LogP contribution in [0.15, 0.2) is 23.3 Å². The van der Waals surface area contributed by atoms with Crippen LogP contribution in [-0.4, -0.2) is 5.78 Å². The average molecular weight is 176 g/mol. The molecular weight excluding hydrogens is 160 g/mol. The van der Waals surface area contributed by atoms with Crippen molar-refractivity contribution in [1.29, 1.82) is 0 Å². The van der Waals surface area contributed by atoms with Gasteiger partial charge in [0.2, 0.25) is 0 Å². The highest BCUT2D eigenvalue weighted by Crippen LogP contribution is 2.49. The van der Waals surface area contributed by atoms with Gasteiger partial charge in [-0.25, -0.2) is 0 Å². The van der Waals surface area contributed by atoms with Crippen molar-refractivity contribution in [3.8, 4) is 0 Å². The van der Waals surface area contributed by atoms with Gasteiger partial charge in [-0.2, -0.15) is 0 Å². The Bertz CT molecular complexity index is 322. The zero-order valence-corrected chi connectivity index (χ0v) is 8.55. The van der Waals surface area contributed by atoms with Gasteiger partial charge in [-0.15, -0.1) is 0 Å². The number of rotatable bonds is 0. The van der Waals surface area contributed by atoms with Crippen molar-refractivity contribution in [2.24, 2.45) is 11.3 Å². The molecule has 0 N–H and O–H groups in total. The maximum absolute atomic E-state index is 12.0. The molecule has 0 radical (unpaired) electrons. The second kappa shape index (κ2) is 2.57. The summed E-state index contributed by atoms with van der Waals surface area (Å²) >= 11 is 0. The van der Waals surface area contributed by atoms with Crippen molar-refractivity contribution in [3.63, 3.8) is 0 Å². The fraction of sp³-hybridized carbons (Fsp3) is 0.583. The van der Waals surface area contributed by atoms with Gasteiger partial charge >= 0.3 is 0 Å². The lowest BCUT2D eigenvalue weighted by Gasteiger charge is -2.34. The fourth-order valence-electron chi connectivity index (χ4n) is 2.69. The topological polar surface area (TPSA) is 17.1 Å². The maximum Gasteiger partial charge on any atom is 0.165 e. The van der Waals surface area contributed by atoms with E-state index in [0.717, 1.165) is 18.4 Å². The van der Waals surface area contributed by atoms with E-state index < -0.39 is 0 Å². The van der Waals surface area contributed by atoms with E-state index in [1.165, 1.54) is 5.57 Å². The van der Waals surface area contributed by atoms with E-state index in [2.05, 4.69) is 26.0 Å². The molecule has 0 amide bonds. The lowest BCUT2D eigenvalue weighted by Crippen LogP contribution is -2.36. The van der Waals surface area contributed by atoms with Crippen LogP contribution in [0.5, 0.6) is 0 Å². The molecule has 1 nitrogen and oxygen atoms in total. The summed E-state index contributed by atoms with van der Waals surface area (Å²) in [6, 6.07) is 0. The van der Waals surface area contributed by atoms with Gasteiger partial charge < -0.3 is 0 Å². The number of hydrogen-bond acceptors (Lipinski definition) is 1. The van der Waals surface area contributed by atoms with E-state index in [1.54, 1.807) is 0 Å². The summed E-state index contributed by atoms with van der Waals surface area (Å²) in [5, 5.41) is 0. The Morgan fingerprint density at radius 3 is 2.77 bits per heavy atom. The Labute approximate surface area is 79.5 Å². The average Bonchev–Trinajstić information content (AvgIpc) is 2.39. The fourth-order valence-corrected chi connectivity index (χ4v) is 2.69. The normalized spacial score (nSPS) is 38.4. The summed E-state index contributed by atoms with van der Waals surface area (Å²) in [4.78, 5) is 12.0. The van der Waals surface area contributed by atoms with Crippen LogP contribution in [0.1, 0.15) is 33.6 Å². The molecule has 0 aromatic rings. The first kappa shape index (κ1) is 8.74. The second-order valence-corrected chi connectivity index (χ2v) is 4.57. The molecule has 2 aliphatic carbocycles. The molecule has 2 rings (SSSR count). The summed E-state index contributed by atoms with van der Waals surface area (Å²) in [6.45, 7) is 6.21. The lowest BCUT2D eigenvalue weighted by atomic mass is 9.67. The molecule has 1 heteroatoms. The monoisotopic (exact) mass is 176 g/mol. The minimum absolute atomic E-state index is 0.108. The minimum atomic E-state index is -0.108. The van der Waals surface area contributed by atoms with E-state index in [-0.39, 0.29) is 5.41 Å². The van der Waals surface area contributed by atoms with Crippen molar-refractivity contribution in [1.82, 2.24) is 0 Å². The highest BCUT2D eigenvalue weighted by atomic mass is 16.1. The van der Waals surface area contributed by atoms with Crippen LogP contribution in [-0.2, 0) is 4.79 Å². The van der Waals surface area contributed by atoms with Gasteiger partial charge in [0.1, 0.15) is 0 Å². The van der Waals surface area contributed by atoms with Gasteiger partial charge in [0.15, 0.2) is 5.78 Å². The number of ketones is 1. The smallest absolute Gasteiger partial charge is 0.165 e. The molecule has 0 spiro atoms. The molecule has 0 saturated heterocycles. The van der Waals surface area contributed by atoms with Gasteiger partial charge in [-0.3, -0.25) is 4.79 Å². The molecule has 0 aliphatic heterocycles. The van der Waals surface area contributed by atoms with Crippen molar-refractivity contribution in [3.05, 3.63) is 23.3 Å². The molecule has 0 fully saturated rings.